The van der Waals surface area contributed by atoms with E-state index in [1.165, 1.54) is 11.3 Å². The zero-order valence-electron chi connectivity index (χ0n) is 17.0. The summed E-state index contributed by atoms with van der Waals surface area (Å²) in [7, 11) is 0. The van der Waals surface area contributed by atoms with E-state index >= 15 is 0 Å². The number of hydrogen-bond acceptors (Lipinski definition) is 6. The Morgan fingerprint density at radius 2 is 1.87 bits per heavy atom. The van der Waals surface area contributed by atoms with Crippen LogP contribution in [-0.2, 0) is 17.6 Å². The van der Waals surface area contributed by atoms with E-state index in [1.807, 2.05) is 54.6 Å². The number of aliphatic hydroxyl groups is 1. The van der Waals surface area contributed by atoms with Crippen molar-refractivity contribution in [3.63, 3.8) is 0 Å². The van der Waals surface area contributed by atoms with Crippen LogP contribution < -0.4 is 22.1 Å². The minimum atomic E-state index is -0.521. The summed E-state index contributed by atoms with van der Waals surface area (Å²) in [5.41, 5.74) is 14.0. The zero-order valence-corrected chi connectivity index (χ0v) is 17.8. The molecule has 9 heteroatoms. The number of hydrogen-bond donors (Lipinski definition) is 5. The summed E-state index contributed by atoms with van der Waals surface area (Å²) in [6.07, 6.45) is 0.445. The van der Waals surface area contributed by atoms with Gasteiger partial charge in [0.05, 0.1) is 18.2 Å². The number of nitrogens with two attached hydrogens (primary N) is 2. The van der Waals surface area contributed by atoms with Gasteiger partial charge in [0.25, 0.3) is 0 Å². The number of nitrogens with zero attached hydrogens (tertiary/aromatic N) is 2. The molecule has 31 heavy (non-hydrogen) atoms. The summed E-state index contributed by atoms with van der Waals surface area (Å²) in [6, 6.07) is 17.3. The Morgan fingerprint density at radius 1 is 1.13 bits per heavy atom. The Kier molecular flexibility index (Phi) is 8.11. The summed E-state index contributed by atoms with van der Waals surface area (Å²) < 4.78 is 0. The molecule has 0 saturated carbocycles. The lowest BCUT2D eigenvalue weighted by atomic mass is 10.1. The molecule has 0 radical (unpaired) electrons. The van der Waals surface area contributed by atoms with Gasteiger partial charge in [0.1, 0.15) is 0 Å². The first kappa shape index (κ1) is 22.4. The van der Waals surface area contributed by atoms with Crippen LogP contribution in [0.5, 0.6) is 0 Å². The van der Waals surface area contributed by atoms with Crippen molar-refractivity contribution < 1.29 is 9.90 Å². The van der Waals surface area contributed by atoms with Crippen molar-refractivity contribution in [1.82, 2.24) is 10.3 Å². The molecule has 3 rings (SSSR count). The highest BCUT2D eigenvalue weighted by Gasteiger charge is 2.09. The molecule has 1 amide bonds. The van der Waals surface area contributed by atoms with E-state index in [-0.39, 0.29) is 18.3 Å². The van der Waals surface area contributed by atoms with Crippen LogP contribution >= 0.6 is 11.3 Å². The van der Waals surface area contributed by atoms with Crippen molar-refractivity contribution in [3.8, 4) is 0 Å². The van der Waals surface area contributed by atoms with E-state index in [9.17, 15) is 9.90 Å². The molecule has 0 aliphatic rings. The van der Waals surface area contributed by atoms with Gasteiger partial charge in [-0.15, -0.1) is 11.3 Å². The lowest BCUT2D eigenvalue weighted by molar-refractivity contribution is -0.115. The number of rotatable bonds is 10. The first-order valence-electron chi connectivity index (χ1n) is 9.86. The van der Waals surface area contributed by atoms with E-state index in [4.69, 9.17) is 11.5 Å². The minimum Gasteiger partial charge on any atom is -0.387 e. The molecule has 1 heterocycles. The molecule has 8 nitrogen and oxygen atoms in total. The molecular formula is C22H26N6O2S. The molecule has 7 N–H and O–H groups in total. The van der Waals surface area contributed by atoms with Crippen molar-refractivity contribution in [2.45, 2.75) is 18.9 Å². The number of aliphatic imine (C=N–C) groups is 1. The van der Waals surface area contributed by atoms with E-state index in [2.05, 4.69) is 20.6 Å². The van der Waals surface area contributed by atoms with E-state index < -0.39 is 6.10 Å². The molecule has 0 bridgehead atoms. The van der Waals surface area contributed by atoms with Crippen LogP contribution in [0, 0.1) is 0 Å². The van der Waals surface area contributed by atoms with Gasteiger partial charge in [-0.3, -0.25) is 4.79 Å². The lowest BCUT2D eigenvalue weighted by Crippen LogP contribution is -2.23. The van der Waals surface area contributed by atoms with Gasteiger partial charge in [-0.2, -0.15) is 4.99 Å². The van der Waals surface area contributed by atoms with Gasteiger partial charge >= 0.3 is 0 Å². The smallest absolute Gasteiger partial charge is 0.230 e. The van der Waals surface area contributed by atoms with Gasteiger partial charge in [0.15, 0.2) is 5.96 Å². The molecule has 0 fully saturated rings. The number of anilines is 1. The maximum atomic E-state index is 12.2. The average Bonchev–Trinajstić information content (AvgIpc) is 3.18. The summed E-state index contributed by atoms with van der Waals surface area (Å²) in [5.74, 6) is -0.223. The average molecular weight is 439 g/mol. The third kappa shape index (κ3) is 7.49. The van der Waals surface area contributed by atoms with Gasteiger partial charge in [0, 0.05) is 17.6 Å². The number of thiazole rings is 1. The van der Waals surface area contributed by atoms with Crippen molar-refractivity contribution in [2.75, 3.05) is 18.4 Å². The molecule has 0 aliphatic heterocycles. The molecule has 1 unspecified atom stereocenters. The SMILES string of the molecule is NC(N)=Nc1nc(CC(=O)Nc2ccc(CCNCC(O)c3ccccc3)cc2)cs1. The highest BCUT2D eigenvalue weighted by molar-refractivity contribution is 7.13. The number of aliphatic hydroxyl groups excluding tert-OH is 1. The predicted octanol–water partition coefficient (Wildman–Crippen LogP) is 2.09. The van der Waals surface area contributed by atoms with Gasteiger partial charge in [-0.05, 0) is 36.2 Å². The molecule has 3 aromatic rings. The largest absolute Gasteiger partial charge is 0.387 e. The number of amides is 1. The maximum absolute atomic E-state index is 12.2. The second kappa shape index (κ2) is 11.2. The van der Waals surface area contributed by atoms with E-state index in [0.29, 0.717) is 17.4 Å². The lowest BCUT2D eigenvalue weighted by Gasteiger charge is -2.12. The molecule has 2 aromatic carbocycles. The standard InChI is InChI=1S/C22H26N6O2S/c23-21(24)28-22-27-18(14-31-22)12-20(30)26-17-8-6-15(7-9-17)10-11-25-13-19(29)16-4-2-1-3-5-16/h1-9,14,19,25,29H,10-13H2,(H,26,30)(H4,23,24,27,28). The molecule has 1 atom stereocenters. The van der Waals surface area contributed by atoms with Gasteiger partial charge in [-0.1, -0.05) is 42.5 Å². The fraction of sp³-hybridized carbons (Fsp3) is 0.227. The third-order valence-corrected chi connectivity index (χ3v) is 5.24. The molecule has 0 saturated heterocycles. The van der Waals surface area contributed by atoms with Crippen molar-refractivity contribution in [3.05, 3.63) is 76.8 Å². The second-order valence-corrected chi connectivity index (χ2v) is 7.80. The van der Waals surface area contributed by atoms with E-state index in [0.717, 1.165) is 29.8 Å². The highest BCUT2D eigenvalue weighted by Crippen LogP contribution is 2.19. The topological polar surface area (TPSA) is 139 Å². The van der Waals surface area contributed by atoms with Crippen LogP contribution in [0.4, 0.5) is 10.8 Å². The summed E-state index contributed by atoms with van der Waals surface area (Å²) in [4.78, 5) is 20.3. The number of carbonyl (C=O) groups excluding carboxylic acids is 1. The van der Waals surface area contributed by atoms with Crippen LogP contribution in [0.3, 0.4) is 0 Å². The third-order valence-electron chi connectivity index (χ3n) is 4.46. The van der Waals surface area contributed by atoms with Gasteiger partial charge < -0.3 is 27.2 Å². The van der Waals surface area contributed by atoms with Crippen molar-refractivity contribution in [1.29, 1.82) is 0 Å². The quantitative estimate of drug-likeness (QED) is 0.187. The van der Waals surface area contributed by atoms with Crippen LogP contribution in [0.1, 0.15) is 22.9 Å². The van der Waals surface area contributed by atoms with Crippen LogP contribution in [-0.4, -0.2) is 35.0 Å². The second-order valence-electron chi connectivity index (χ2n) is 6.96. The number of aromatic nitrogens is 1. The zero-order chi connectivity index (χ0) is 22.1. The summed E-state index contributed by atoms with van der Waals surface area (Å²) in [6.45, 7) is 1.25. The van der Waals surface area contributed by atoms with Gasteiger partial charge in [0.2, 0.25) is 11.0 Å². The number of nitrogens with one attached hydrogen (secondary N) is 2. The normalized spacial score (nSPS) is 11.6. The number of benzene rings is 2. The number of carbonyl (C=O) groups is 1. The fourth-order valence-corrected chi connectivity index (χ4v) is 3.63. The van der Waals surface area contributed by atoms with Crippen LogP contribution in [0.2, 0.25) is 0 Å². The Morgan fingerprint density at radius 3 is 2.58 bits per heavy atom. The molecule has 1 aromatic heterocycles. The summed E-state index contributed by atoms with van der Waals surface area (Å²) >= 11 is 1.28. The van der Waals surface area contributed by atoms with Crippen LogP contribution in [0.15, 0.2) is 65.0 Å². The Bertz CT molecular complexity index is 1000. The van der Waals surface area contributed by atoms with E-state index in [1.54, 1.807) is 5.38 Å². The summed E-state index contributed by atoms with van der Waals surface area (Å²) in [5, 5.41) is 18.5. The maximum Gasteiger partial charge on any atom is 0.230 e. The minimum absolute atomic E-state index is 0.0620. The van der Waals surface area contributed by atoms with Gasteiger partial charge in [-0.25, -0.2) is 4.98 Å². The fourth-order valence-electron chi connectivity index (χ4n) is 2.93. The first-order valence-corrected chi connectivity index (χ1v) is 10.7. The monoisotopic (exact) mass is 438 g/mol. The highest BCUT2D eigenvalue weighted by atomic mass is 32.1. The van der Waals surface area contributed by atoms with Crippen molar-refractivity contribution >= 4 is 34.0 Å². The Hall–Kier alpha value is -3.27. The molecule has 0 aliphatic carbocycles. The first-order chi connectivity index (χ1) is 15.0. The Labute approximate surface area is 185 Å². The molecule has 0 spiro atoms. The molecular weight excluding hydrogens is 412 g/mol. The number of guanidine groups is 1. The van der Waals surface area contributed by atoms with Crippen LogP contribution in [0.25, 0.3) is 0 Å². The Balaban J connectivity index is 1.40. The van der Waals surface area contributed by atoms with Crippen molar-refractivity contribution in [2.24, 2.45) is 16.5 Å². The predicted molar refractivity (Wildman–Crippen MR) is 124 cm³/mol. The molecule has 162 valence electrons.